The molecule has 0 saturated carbocycles. The van der Waals surface area contributed by atoms with Gasteiger partial charge < -0.3 is 4.90 Å². The number of rotatable bonds is 1. The summed E-state index contributed by atoms with van der Waals surface area (Å²) in [6.07, 6.45) is 4.18. The van der Waals surface area contributed by atoms with E-state index in [1.165, 1.54) is 18.2 Å². The lowest BCUT2D eigenvalue weighted by molar-refractivity contribution is -0.113. The van der Waals surface area contributed by atoms with Gasteiger partial charge in [0.1, 0.15) is 0 Å². The van der Waals surface area contributed by atoms with Crippen molar-refractivity contribution in [1.82, 2.24) is 4.90 Å². The van der Waals surface area contributed by atoms with Crippen molar-refractivity contribution < 1.29 is 4.79 Å². The first-order chi connectivity index (χ1) is 10.5. The van der Waals surface area contributed by atoms with Crippen LogP contribution in [-0.2, 0) is 4.79 Å². The average Bonchev–Trinajstić information content (AvgIpc) is 2.83. The SMILES string of the molecule is CC1CCCN(C2=NC(=O)C(=Cc3ccc(Cl)cc3Cl)S2)C1. The van der Waals surface area contributed by atoms with Gasteiger partial charge in [-0.15, -0.1) is 0 Å². The highest BCUT2D eigenvalue weighted by molar-refractivity contribution is 8.18. The number of aliphatic imine (C=N–C) groups is 1. The third-order valence-electron chi connectivity index (χ3n) is 3.79. The van der Waals surface area contributed by atoms with Crippen LogP contribution in [0.2, 0.25) is 10.0 Å². The topological polar surface area (TPSA) is 32.7 Å². The predicted molar refractivity (Wildman–Crippen MR) is 94.4 cm³/mol. The second-order valence-electron chi connectivity index (χ2n) is 5.67. The summed E-state index contributed by atoms with van der Waals surface area (Å²) in [6.45, 7) is 4.17. The summed E-state index contributed by atoms with van der Waals surface area (Å²) in [5.41, 5.74) is 0.783. The van der Waals surface area contributed by atoms with Gasteiger partial charge in [0.25, 0.3) is 5.91 Å². The fourth-order valence-electron chi connectivity index (χ4n) is 2.66. The Hall–Kier alpha value is -0.970. The van der Waals surface area contributed by atoms with E-state index in [0.29, 0.717) is 20.9 Å². The number of hydrogen-bond acceptors (Lipinski definition) is 3. The number of amides is 1. The molecule has 6 heteroatoms. The quantitative estimate of drug-likeness (QED) is 0.685. The molecule has 22 heavy (non-hydrogen) atoms. The fourth-order valence-corrected chi connectivity index (χ4v) is 4.06. The maximum absolute atomic E-state index is 12.1. The van der Waals surface area contributed by atoms with Crippen molar-refractivity contribution in [2.24, 2.45) is 10.9 Å². The van der Waals surface area contributed by atoms with Gasteiger partial charge in [-0.25, -0.2) is 0 Å². The molecule has 1 saturated heterocycles. The number of halogens is 2. The number of carbonyl (C=O) groups excluding carboxylic acids is 1. The number of nitrogens with zero attached hydrogens (tertiary/aromatic N) is 2. The minimum atomic E-state index is -0.191. The number of benzene rings is 1. The fraction of sp³-hybridized carbons (Fsp3) is 0.375. The van der Waals surface area contributed by atoms with Gasteiger partial charge in [0, 0.05) is 23.1 Å². The molecule has 0 bridgehead atoms. The predicted octanol–water partition coefficient (Wildman–Crippen LogP) is 4.70. The highest BCUT2D eigenvalue weighted by Gasteiger charge is 2.28. The molecule has 116 valence electrons. The molecule has 0 aliphatic carbocycles. The van der Waals surface area contributed by atoms with Crippen molar-refractivity contribution in [3.63, 3.8) is 0 Å². The van der Waals surface area contributed by atoms with Crippen LogP contribution in [0.3, 0.4) is 0 Å². The molecule has 1 amide bonds. The molecule has 1 unspecified atom stereocenters. The van der Waals surface area contributed by atoms with E-state index in [1.807, 2.05) is 6.07 Å². The molecule has 0 radical (unpaired) electrons. The van der Waals surface area contributed by atoms with E-state index in [-0.39, 0.29) is 5.91 Å². The summed E-state index contributed by atoms with van der Waals surface area (Å²) in [7, 11) is 0. The highest BCUT2D eigenvalue weighted by atomic mass is 35.5. The normalized spacial score (nSPS) is 24.0. The molecule has 0 N–H and O–H groups in total. The van der Waals surface area contributed by atoms with E-state index in [1.54, 1.807) is 18.2 Å². The molecule has 0 spiro atoms. The summed E-state index contributed by atoms with van der Waals surface area (Å²) in [5.74, 6) is 0.454. The van der Waals surface area contributed by atoms with Crippen LogP contribution in [0.25, 0.3) is 6.08 Å². The van der Waals surface area contributed by atoms with Gasteiger partial charge >= 0.3 is 0 Å². The Labute approximate surface area is 144 Å². The van der Waals surface area contributed by atoms with Crippen LogP contribution in [0, 0.1) is 5.92 Å². The van der Waals surface area contributed by atoms with Gasteiger partial charge in [0.05, 0.1) is 4.91 Å². The molecule has 1 aromatic rings. The zero-order valence-electron chi connectivity index (χ0n) is 12.2. The van der Waals surface area contributed by atoms with Crippen LogP contribution in [0.4, 0.5) is 0 Å². The van der Waals surface area contributed by atoms with E-state index in [2.05, 4.69) is 16.8 Å². The van der Waals surface area contributed by atoms with Crippen LogP contribution in [0.15, 0.2) is 28.1 Å². The van der Waals surface area contributed by atoms with Gasteiger partial charge in [0.2, 0.25) is 0 Å². The van der Waals surface area contributed by atoms with E-state index >= 15 is 0 Å². The van der Waals surface area contributed by atoms with E-state index in [9.17, 15) is 4.79 Å². The molecule has 2 heterocycles. The molecule has 3 rings (SSSR count). The van der Waals surface area contributed by atoms with E-state index in [4.69, 9.17) is 23.2 Å². The zero-order chi connectivity index (χ0) is 15.7. The van der Waals surface area contributed by atoms with Crippen LogP contribution < -0.4 is 0 Å². The Bertz CT molecular complexity index is 672. The van der Waals surface area contributed by atoms with Gasteiger partial charge in [-0.1, -0.05) is 36.2 Å². The van der Waals surface area contributed by atoms with Gasteiger partial charge in [-0.2, -0.15) is 4.99 Å². The lowest BCUT2D eigenvalue weighted by Crippen LogP contribution is -2.37. The van der Waals surface area contributed by atoms with Gasteiger partial charge in [-0.3, -0.25) is 4.79 Å². The Kier molecular flexibility index (Phi) is 4.81. The van der Waals surface area contributed by atoms with Crippen LogP contribution in [-0.4, -0.2) is 29.1 Å². The molecule has 0 aromatic heterocycles. The summed E-state index contributed by atoms with van der Waals surface area (Å²) >= 11 is 13.5. The molecule has 1 atom stereocenters. The first-order valence-electron chi connectivity index (χ1n) is 7.25. The monoisotopic (exact) mass is 354 g/mol. The van der Waals surface area contributed by atoms with Gasteiger partial charge in [0.15, 0.2) is 5.17 Å². The third kappa shape index (κ3) is 3.50. The molecule has 2 aliphatic heterocycles. The Morgan fingerprint density at radius 3 is 2.95 bits per heavy atom. The molecule has 3 nitrogen and oxygen atoms in total. The summed E-state index contributed by atoms with van der Waals surface area (Å²) in [6, 6.07) is 5.25. The third-order valence-corrected chi connectivity index (χ3v) is 5.39. The second-order valence-corrected chi connectivity index (χ2v) is 7.52. The second kappa shape index (κ2) is 6.65. The molecular formula is C16H16Cl2N2OS. The zero-order valence-corrected chi connectivity index (χ0v) is 14.5. The number of thioether (sulfide) groups is 1. The Morgan fingerprint density at radius 2 is 2.23 bits per heavy atom. The summed E-state index contributed by atoms with van der Waals surface area (Å²) < 4.78 is 0. The number of hydrogen-bond donors (Lipinski definition) is 0. The van der Waals surface area contributed by atoms with Crippen molar-refractivity contribution in [3.05, 3.63) is 38.7 Å². The lowest BCUT2D eigenvalue weighted by Gasteiger charge is -2.31. The maximum Gasteiger partial charge on any atom is 0.286 e. The molecular weight excluding hydrogens is 339 g/mol. The number of amidine groups is 1. The highest BCUT2D eigenvalue weighted by Crippen LogP contribution is 2.33. The summed E-state index contributed by atoms with van der Waals surface area (Å²) in [5, 5.41) is 1.93. The minimum absolute atomic E-state index is 0.191. The number of piperidine rings is 1. The Morgan fingerprint density at radius 1 is 1.41 bits per heavy atom. The first kappa shape index (κ1) is 15.9. The average molecular weight is 355 g/mol. The van der Waals surface area contributed by atoms with E-state index in [0.717, 1.165) is 30.2 Å². The van der Waals surface area contributed by atoms with Gasteiger partial charge in [-0.05, 0) is 54.3 Å². The van der Waals surface area contributed by atoms with Crippen LogP contribution >= 0.6 is 35.0 Å². The van der Waals surface area contributed by atoms with Crippen molar-refractivity contribution in [2.75, 3.05) is 13.1 Å². The van der Waals surface area contributed by atoms with E-state index < -0.39 is 0 Å². The van der Waals surface area contributed by atoms with Crippen LogP contribution in [0.1, 0.15) is 25.3 Å². The van der Waals surface area contributed by atoms with Crippen LogP contribution in [0.5, 0.6) is 0 Å². The summed E-state index contributed by atoms with van der Waals surface area (Å²) in [4.78, 5) is 19.1. The maximum atomic E-state index is 12.1. The van der Waals surface area contributed by atoms with Crippen molar-refractivity contribution in [2.45, 2.75) is 19.8 Å². The molecule has 1 aromatic carbocycles. The molecule has 1 fully saturated rings. The minimum Gasteiger partial charge on any atom is -0.351 e. The molecule has 2 aliphatic rings. The van der Waals surface area contributed by atoms with Crippen molar-refractivity contribution in [3.8, 4) is 0 Å². The Balaban J connectivity index is 1.78. The van der Waals surface area contributed by atoms with Crippen molar-refractivity contribution in [1.29, 1.82) is 0 Å². The number of carbonyl (C=O) groups is 1. The van der Waals surface area contributed by atoms with Crippen molar-refractivity contribution >= 4 is 52.1 Å². The lowest BCUT2D eigenvalue weighted by atomic mass is 10.0. The standard InChI is InChI=1S/C16H16Cl2N2OS/c1-10-3-2-6-20(9-10)16-19-15(21)14(22-16)7-11-4-5-12(17)8-13(11)18/h4-5,7-8,10H,2-3,6,9H2,1H3. The number of likely N-dealkylation sites (tertiary alicyclic amines) is 1. The largest absolute Gasteiger partial charge is 0.351 e. The first-order valence-corrected chi connectivity index (χ1v) is 8.83. The smallest absolute Gasteiger partial charge is 0.286 e.